The molecule has 4 nitrogen and oxygen atoms in total. The first kappa shape index (κ1) is 15.9. The van der Waals surface area contributed by atoms with E-state index < -0.39 is 11.8 Å². The highest BCUT2D eigenvalue weighted by Crippen LogP contribution is 2.26. The number of carbonyl (C=O) groups excluding carboxylic acids is 1. The van der Waals surface area contributed by atoms with Crippen LogP contribution in [-0.4, -0.2) is 11.1 Å². The van der Waals surface area contributed by atoms with Crippen LogP contribution in [0.2, 0.25) is 0 Å². The van der Waals surface area contributed by atoms with Crippen LogP contribution < -0.4 is 0 Å². The SMILES string of the molecule is Cc1c(COC(=O)c2cccc(F)c2)noc1-c1ccc(F)cc1. The third kappa shape index (κ3) is 3.32. The topological polar surface area (TPSA) is 52.3 Å². The molecule has 0 fully saturated rings. The molecule has 0 radical (unpaired) electrons. The molecule has 1 aromatic heterocycles. The summed E-state index contributed by atoms with van der Waals surface area (Å²) in [5.74, 6) is -1.03. The van der Waals surface area contributed by atoms with Crippen LogP contribution in [-0.2, 0) is 11.3 Å². The average Bonchev–Trinajstić information content (AvgIpc) is 2.94. The lowest BCUT2D eigenvalue weighted by atomic mass is 10.1. The quantitative estimate of drug-likeness (QED) is 0.670. The largest absolute Gasteiger partial charge is 0.455 e. The fourth-order valence-corrected chi connectivity index (χ4v) is 2.21. The van der Waals surface area contributed by atoms with E-state index in [-0.39, 0.29) is 18.0 Å². The van der Waals surface area contributed by atoms with Crippen LogP contribution in [0.15, 0.2) is 53.1 Å². The minimum Gasteiger partial charge on any atom is -0.455 e. The van der Waals surface area contributed by atoms with E-state index in [0.717, 1.165) is 6.07 Å². The Hall–Kier alpha value is -3.02. The number of carbonyl (C=O) groups is 1. The zero-order valence-corrected chi connectivity index (χ0v) is 12.8. The second-order valence-corrected chi connectivity index (χ2v) is 5.18. The number of esters is 1. The van der Waals surface area contributed by atoms with Gasteiger partial charge in [-0.25, -0.2) is 13.6 Å². The Morgan fingerprint density at radius 3 is 2.58 bits per heavy atom. The summed E-state index contributed by atoms with van der Waals surface area (Å²) >= 11 is 0. The van der Waals surface area contributed by atoms with Crippen LogP contribution >= 0.6 is 0 Å². The number of rotatable bonds is 4. The second kappa shape index (κ2) is 6.62. The Balaban J connectivity index is 1.72. The van der Waals surface area contributed by atoms with Gasteiger partial charge in [0.2, 0.25) is 0 Å². The van der Waals surface area contributed by atoms with Crippen LogP contribution in [0.1, 0.15) is 21.6 Å². The van der Waals surface area contributed by atoms with Gasteiger partial charge in [-0.05, 0) is 49.4 Å². The molecule has 1 heterocycles. The van der Waals surface area contributed by atoms with Crippen LogP contribution in [0.4, 0.5) is 8.78 Å². The zero-order chi connectivity index (χ0) is 17.1. The molecule has 0 saturated carbocycles. The predicted molar refractivity (Wildman–Crippen MR) is 82.2 cm³/mol. The highest BCUT2D eigenvalue weighted by molar-refractivity contribution is 5.89. The Labute approximate surface area is 136 Å². The van der Waals surface area contributed by atoms with Crippen molar-refractivity contribution in [1.82, 2.24) is 5.16 Å². The lowest BCUT2D eigenvalue weighted by Crippen LogP contribution is -2.06. The molecule has 24 heavy (non-hydrogen) atoms. The minimum atomic E-state index is -0.653. The zero-order valence-electron chi connectivity index (χ0n) is 12.8. The molecule has 2 aromatic carbocycles. The molecule has 0 N–H and O–H groups in total. The van der Waals surface area contributed by atoms with E-state index in [1.54, 1.807) is 19.1 Å². The number of hydrogen-bond donors (Lipinski definition) is 0. The number of ether oxygens (including phenoxy) is 1. The minimum absolute atomic E-state index is 0.105. The van der Waals surface area contributed by atoms with Crippen LogP contribution in [0.3, 0.4) is 0 Å². The van der Waals surface area contributed by atoms with Crippen molar-refractivity contribution in [2.24, 2.45) is 0 Å². The van der Waals surface area contributed by atoms with Crippen molar-refractivity contribution in [1.29, 1.82) is 0 Å². The average molecular weight is 329 g/mol. The molecular weight excluding hydrogens is 316 g/mol. The molecule has 0 amide bonds. The lowest BCUT2D eigenvalue weighted by Gasteiger charge is -2.03. The molecule has 0 bridgehead atoms. The van der Waals surface area contributed by atoms with Crippen molar-refractivity contribution in [3.05, 3.63) is 77.0 Å². The van der Waals surface area contributed by atoms with Gasteiger partial charge in [0.15, 0.2) is 5.76 Å². The highest BCUT2D eigenvalue weighted by atomic mass is 19.1. The maximum absolute atomic E-state index is 13.1. The van der Waals surface area contributed by atoms with Gasteiger partial charge in [-0.2, -0.15) is 0 Å². The molecule has 0 aliphatic rings. The summed E-state index contributed by atoms with van der Waals surface area (Å²) in [6, 6.07) is 11.0. The molecule has 0 spiro atoms. The number of nitrogens with zero attached hydrogens (tertiary/aromatic N) is 1. The van der Waals surface area contributed by atoms with Crippen LogP contribution in [0, 0.1) is 18.6 Å². The molecule has 3 aromatic rings. The molecule has 0 atom stereocenters. The molecule has 3 rings (SSSR count). The molecule has 0 saturated heterocycles. The van der Waals surface area contributed by atoms with Crippen molar-refractivity contribution in [2.45, 2.75) is 13.5 Å². The van der Waals surface area contributed by atoms with Crippen LogP contribution in [0.5, 0.6) is 0 Å². The van der Waals surface area contributed by atoms with Gasteiger partial charge in [0, 0.05) is 11.1 Å². The van der Waals surface area contributed by atoms with E-state index in [0.29, 0.717) is 22.6 Å². The van der Waals surface area contributed by atoms with E-state index in [4.69, 9.17) is 9.26 Å². The maximum Gasteiger partial charge on any atom is 0.338 e. The summed E-state index contributed by atoms with van der Waals surface area (Å²) in [5, 5.41) is 3.88. The summed E-state index contributed by atoms with van der Waals surface area (Å²) in [6.07, 6.45) is 0. The smallest absolute Gasteiger partial charge is 0.338 e. The first-order valence-electron chi connectivity index (χ1n) is 7.18. The Kier molecular flexibility index (Phi) is 4.37. The van der Waals surface area contributed by atoms with Gasteiger partial charge >= 0.3 is 5.97 Å². The van der Waals surface area contributed by atoms with Crippen molar-refractivity contribution in [3.63, 3.8) is 0 Å². The summed E-state index contributed by atoms with van der Waals surface area (Å²) in [5.41, 5.74) is 1.92. The summed E-state index contributed by atoms with van der Waals surface area (Å²) < 4.78 is 36.5. The van der Waals surface area contributed by atoms with Crippen molar-refractivity contribution >= 4 is 5.97 Å². The fraction of sp³-hybridized carbons (Fsp3) is 0.111. The van der Waals surface area contributed by atoms with Crippen molar-refractivity contribution in [3.8, 4) is 11.3 Å². The van der Waals surface area contributed by atoms with E-state index in [1.165, 1.54) is 30.3 Å². The van der Waals surface area contributed by atoms with E-state index >= 15 is 0 Å². The van der Waals surface area contributed by atoms with E-state index in [9.17, 15) is 13.6 Å². The number of hydrogen-bond acceptors (Lipinski definition) is 4. The monoisotopic (exact) mass is 329 g/mol. The van der Waals surface area contributed by atoms with Gasteiger partial charge in [0.25, 0.3) is 0 Å². The highest BCUT2D eigenvalue weighted by Gasteiger charge is 2.16. The van der Waals surface area contributed by atoms with Crippen LogP contribution in [0.25, 0.3) is 11.3 Å². The van der Waals surface area contributed by atoms with Gasteiger partial charge in [-0.15, -0.1) is 0 Å². The number of benzene rings is 2. The van der Waals surface area contributed by atoms with Gasteiger partial charge < -0.3 is 9.26 Å². The third-order valence-corrected chi connectivity index (χ3v) is 3.53. The summed E-state index contributed by atoms with van der Waals surface area (Å²) in [7, 11) is 0. The predicted octanol–water partition coefficient (Wildman–Crippen LogP) is 4.29. The Morgan fingerprint density at radius 1 is 1.12 bits per heavy atom. The van der Waals surface area contributed by atoms with E-state index in [1.807, 2.05) is 0 Å². The first-order valence-corrected chi connectivity index (χ1v) is 7.18. The second-order valence-electron chi connectivity index (χ2n) is 5.18. The van der Waals surface area contributed by atoms with Gasteiger partial charge in [0.1, 0.15) is 23.9 Å². The molecular formula is C18H13F2NO3. The lowest BCUT2D eigenvalue weighted by molar-refractivity contribution is 0.0463. The van der Waals surface area contributed by atoms with Gasteiger partial charge in [0.05, 0.1) is 5.56 Å². The normalized spacial score (nSPS) is 10.6. The Bertz CT molecular complexity index is 872. The standard InChI is InChI=1S/C18H13F2NO3/c1-11-16(10-23-18(22)13-3-2-4-15(20)9-13)21-24-17(11)12-5-7-14(19)8-6-12/h2-9H,10H2,1H3. The summed E-state index contributed by atoms with van der Waals surface area (Å²) in [6.45, 7) is 1.66. The van der Waals surface area contributed by atoms with Crippen molar-refractivity contribution in [2.75, 3.05) is 0 Å². The Morgan fingerprint density at radius 2 is 1.88 bits per heavy atom. The molecule has 0 unspecified atom stereocenters. The third-order valence-electron chi connectivity index (χ3n) is 3.53. The number of halogens is 2. The molecule has 0 aliphatic carbocycles. The maximum atomic E-state index is 13.1. The van der Waals surface area contributed by atoms with Gasteiger partial charge in [-0.3, -0.25) is 0 Å². The fourth-order valence-electron chi connectivity index (χ4n) is 2.21. The molecule has 6 heteroatoms. The molecule has 122 valence electrons. The summed E-state index contributed by atoms with van der Waals surface area (Å²) in [4.78, 5) is 11.9. The number of aromatic nitrogens is 1. The van der Waals surface area contributed by atoms with Crippen molar-refractivity contribution < 1.29 is 22.8 Å². The first-order chi connectivity index (χ1) is 11.5. The van der Waals surface area contributed by atoms with Gasteiger partial charge in [-0.1, -0.05) is 11.2 Å². The van der Waals surface area contributed by atoms with E-state index in [2.05, 4.69) is 5.16 Å². The molecule has 0 aliphatic heterocycles.